The van der Waals surface area contributed by atoms with Gasteiger partial charge in [-0.2, -0.15) is 0 Å². The Morgan fingerprint density at radius 2 is 2.03 bits per heavy atom. The maximum atomic E-state index is 14.3. The zero-order valence-corrected chi connectivity index (χ0v) is 17.2. The van der Waals surface area contributed by atoms with Crippen molar-refractivity contribution >= 4 is 45.4 Å². The highest BCUT2D eigenvalue weighted by Gasteiger charge is 2.23. The van der Waals surface area contributed by atoms with Crippen molar-refractivity contribution < 1.29 is 13.6 Å². The van der Waals surface area contributed by atoms with E-state index < -0.39 is 17.2 Å². The summed E-state index contributed by atoms with van der Waals surface area (Å²) in [5.74, 6) is -2.56. The van der Waals surface area contributed by atoms with Gasteiger partial charge in [0.2, 0.25) is 5.56 Å². The summed E-state index contributed by atoms with van der Waals surface area (Å²) < 4.78 is 27.9. The summed E-state index contributed by atoms with van der Waals surface area (Å²) in [6.07, 6.45) is 0. The molecule has 4 rings (SSSR count). The maximum absolute atomic E-state index is 14.3. The minimum Gasteiger partial charge on any atom is -0.319 e. The number of hydrogen-bond donors (Lipinski definition) is 1. The molecule has 30 heavy (non-hydrogen) atoms. The number of aromatic amines is 1. The van der Waals surface area contributed by atoms with E-state index >= 15 is 0 Å². The van der Waals surface area contributed by atoms with Crippen molar-refractivity contribution in [2.24, 2.45) is 0 Å². The molecule has 0 aliphatic carbocycles. The molecule has 2 aromatic heterocycles. The van der Waals surface area contributed by atoms with Crippen LogP contribution in [0.3, 0.4) is 0 Å². The van der Waals surface area contributed by atoms with Crippen LogP contribution in [0.1, 0.15) is 20.9 Å². The molecule has 0 aliphatic heterocycles. The van der Waals surface area contributed by atoms with Crippen molar-refractivity contribution in [2.45, 2.75) is 13.5 Å². The second kappa shape index (κ2) is 7.97. The number of benzene rings is 2. The highest BCUT2D eigenvalue weighted by molar-refractivity contribution is 7.12. The maximum Gasteiger partial charge on any atom is 0.270 e. The number of nitrogens with zero attached hydrogens (tertiary/aromatic N) is 2. The Morgan fingerprint density at radius 1 is 1.23 bits per heavy atom. The second-order valence-corrected chi connectivity index (χ2v) is 7.87. The fourth-order valence-corrected chi connectivity index (χ4v) is 4.13. The standard InChI is InChI=1S/C21H14ClF2N3O2S/c1-11-20(30-10-25-11)21(29)27(14-4-2-3-13(22)8-14)9-12-7-17(28)26-19-15(12)5-6-16(23)18(19)24/h2-8,10H,9H2,1H3,(H,26,28). The van der Waals surface area contributed by atoms with Gasteiger partial charge in [-0.25, -0.2) is 13.8 Å². The van der Waals surface area contributed by atoms with Crippen molar-refractivity contribution in [3.05, 3.63) is 91.1 Å². The Hall–Kier alpha value is -3.10. The van der Waals surface area contributed by atoms with Gasteiger partial charge in [0.1, 0.15) is 4.88 Å². The third-order valence-corrected chi connectivity index (χ3v) is 5.78. The van der Waals surface area contributed by atoms with Crippen LogP contribution in [-0.2, 0) is 6.54 Å². The van der Waals surface area contributed by atoms with Crippen LogP contribution in [-0.4, -0.2) is 15.9 Å². The third-order valence-electron chi connectivity index (χ3n) is 4.63. The van der Waals surface area contributed by atoms with Gasteiger partial charge in [-0.1, -0.05) is 17.7 Å². The van der Waals surface area contributed by atoms with Gasteiger partial charge in [0, 0.05) is 22.2 Å². The molecular weight excluding hydrogens is 432 g/mol. The molecule has 1 N–H and O–H groups in total. The van der Waals surface area contributed by atoms with Crippen molar-refractivity contribution in [1.82, 2.24) is 9.97 Å². The van der Waals surface area contributed by atoms with E-state index in [0.717, 1.165) is 6.07 Å². The van der Waals surface area contributed by atoms with Crippen LogP contribution >= 0.6 is 22.9 Å². The lowest BCUT2D eigenvalue weighted by Crippen LogP contribution is -2.31. The predicted molar refractivity (Wildman–Crippen MR) is 113 cm³/mol. The average Bonchev–Trinajstić information content (AvgIpc) is 3.14. The molecule has 152 valence electrons. The SMILES string of the molecule is Cc1ncsc1C(=O)N(Cc1cc(=O)[nH]c2c(F)c(F)ccc12)c1cccc(Cl)c1. The van der Waals surface area contributed by atoms with E-state index in [-0.39, 0.29) is 18.0 Å². The first-order chi connectivity index (χ1) is 14.3. The fraction of sp³-hybridized carbons (Fsp3) is 0.0952. The number of thiazole rings is 1. The second-order valence-electron chi connectivity index (χ2n) is 6.58. The number of H-pyrrole nitrogens is 1. The molecule has 0 saturated heterocycles. The van der Waals surface area contributed by atoms with Crippen LogP contribution in [0, 0.1) is 18.6 Å². The first-order valence-electron chi connectivity index (χ1n) is 8.82. The molecule has 0 atom stereocenters. The molecule has 0 aliphatic rings. The fourth-order valence-electron chi connectivity index (χ4n) is 3.19. The number of pyridine rings is 1. The number of carbonyl (C=O) groups excluding carboxylic acids is 1. The highest BCUT2D eigenvalue weighted by Crippen LogP contribution is 2.28. The Balaban J connectivity index is 1.87. The summed E-state index contributed by atoms with van der Waals surface area (Å²) in [6.45, 7) is 1.67. The lowest BCUT2D eigenvalue weighted by Gasteiger charge is -2.23. The number of aromatic nitrogens is 2. The number of anilines is 1. The molecule has 0 radical (unpaired) electrons. The van der Waals surface area contributed by atoms with Crippen LogP contribution in [0.4, 0.5) is 14.5 Å². The van der Waals surface area contributed by atoms with E-state index in [1.54, 1.807) is 36.7 Å². The monoisotopic (exact) mass is 445 g/mol. The summed E-state index contributed by atoms with van der Waals surface area (Å²) in [5, 5.41) is 0.726. The first kappa shape index (κ1) is 20.2. The van der Waals surface area contributed by atoms with Crippen LogP contribution in [0.2, 0.25) is 5.02 Å². The topological polar surface area (TPSA) is 66.1 Å². The Kier molecular flexibility index (Phi) is 5.36. The lowest BCUT2D eigenvalue weighted by atomic mass is 10.1. The number of carbonyl (C=O) groups is 1. The zero-order chi connectivity index (χ0) is 21.4. The van der Waals surface area contributed by atoms with Gasteiger partial charge in [0.25, 0.3) is 5.91 Å². The molecule has 2 heterocycles. The summed E-state index contributed by atoms with van der Waals surface area (Å²) in [5.41, 5.74) is 2.15. The molecule has 0 bridgehead atoms. The number of halogens is 3. The third kappa shape index (κ3) is 3.71. The van der Waals surface area contributed by atoms with E-state index in [1.165, 1.54) is 28.4 Å². The molecule has 1 amide bonds. The predicted octanol–water partition coefficient (Wildman–Crippen LogP) is 5.07. The molecule has 9 heteroatoms. The van der Waals surface area contributed by atoms with E-state index in [4.69, 9.17) is 11.6 Å². The van der Waals surface area contributed by atoms with Crippen LogP contribution in [0.15, 0.2) is 52.8 Å². The van der Waals surface area contributed by atoms with Gasteiger partial charge < -0.3 is 9.88 Å². The largest absolute Gasteiger partial charge is 0.319 e. The van der Waals surface area contributed by atoms with Gasteiger partial charge in [-0.3, -0.25) is 9.59 Å². The normalized spacial score (nSPS) is 11.1. The lowest BCUT2D eigenvalue weighted by molar-refractivity contribution is 0.0988. The van der Waals surface area contributed by atoms with E-state index in [2.05, 4.69) is 9.97 Å². The van der Waals surface area contributed by atoms with Crippen LogP contribution in [0.25, 0.3) is 10.9 Å². The van der Waals surface area contributed by atoms with Crippen molar-refractivity contribution in [3.63, 3.8) is 0 Å². The summed E-state index contributed by atoms with van der Waals surface area (Å²) in [4.78, 5) is 33.7. The molecule has 4 aromatic rings. The molecule has 5 nitrogen and oxygen atoms in total. The van der Waals surface area contributed by atoms with E-state index in [1.807, 2.05) is 0 Å². The van der Waals surface area contributed by atoms with Gasteiger partial charge in [-0.15, -0.1) is 11.3 Å². The molecule has 0 unspecified atom stereocenters. The minimum atomic E-state index is -1.15. The van der Waals surface area contributed by atoms with Crippen molar-refractivity contribution in [2.75, 3.05) is 4.90 Å². The molecule has 2 aromatic carbocycles. The highest BCUT2D eigenvalue weighted by atomic mass is 35.5. The molecular formula is C21H14ClF2N3O2S. The van der Waals surface area contributed by atoms with E-state index in [0.29, 0.717) is 32.2 Å². The first-order valence-corrected chi connectivity index (χ1v) is 10.1. The van der Waals surface area contributed by atoms with Crippen molar-refractivity contribution in [1.29, 1.82) is 0 Å². The Labute approximate surface area is 178 Å². The zero-order valence-electron chi connectivity index (χ0n) is 15.6. The number of aryl methyl sites for hydroxylation is 1. The van der Waals surface area contributed by atoms with Crippen LogP contribution in [0.5, 0.6) is 0 Å². The number of amides is 1. The van der Waals surface area contributed by atoms with Gasteiger partial charge in [0.05, 0.1) is 23.3 Å². The number of hydrogen-bond acceptors (Lipinski definition) is 4. The smallest absolute Gasteiger partial charge is 0.270 e. The number of rotatable bonds is 4. The summed E-state index contributed by atoms with van der Waals surface area (Å²) in [6, 6.07) is 10.3. The minimum absolute atomic E-state index is 0.0536. The number of nitrogens with one attached hydrogen (secondary N) is 1. The van der Waals surface area contributed by atoms with Gasteiger partial charge in [0.15, 0.2) is 11.6 Å². The average molecular weight is 446 g/mol. The van der Waals surface area contributed by atoms with Gasteiger partial charge >= 0.3 is 0 Å². The Morgan fingerprint density at radius 3 is 2.73 bits per heavy atom. The summed E-state index contributed by atoms with van der Waals surface area (Å²) >= 11 is 7.31. The Bertz CT molecular complexity index is 1340. The van der Waals surface area contributed by atoms with Crippen LogP contribution < -0.4 is 10.5 Å². The molecule has 0 saturated carbocycles. The molecule has 0 spiro atoms. The molecule has 0 fully saturated rings. The number of fused-ring (bicyclic) bond motifs is 1. The van der Waals surface area contributed by atoms with Crippen molar-refractivity contribution in [3.8, 4) is 0 Å². The quantitative estimate of drug-likeness (QED) is 0.477. The summed E-state index contributed by atoms with van der Waals surface area (Å²) in [7, 11) is 0. The van der Waals surface area contributed by atoms with E-state index in [9.17, 15) is 18.4 Å². The van der Waals surface area contributed by atoms with Gasteiger partial charge in [-0.05, 0) is 42.8 Å².